The Labute approximate surface area is 87.8 Å². The van der Waals surface area contributed by atoms with Gasteiger partial charge in [-0.15, -0.1) is 0 Å². The van der Waals surface area contributed by atoms with Gasteiger partial charge < -0.3 is 9.47 Å². The molecule has 3 nitrogen and oxygen atoms in total. The van der Waals surface area contributed by atoms with E-state index in [0.29, 0.717) is 12.4 Å². The quantitative estimate of drug-likeness (QED) is 0.701. The number of halogens is 1. The van der Waals surface area contributed by atoms with Gasteiger partial charge in [0.05, 0.1) is 12.7 Å². The molecule has 0 bridgehead atoms. The second kappa shape index (κ2) is 5.46. The minimum atomic E-state index is -0.584. The number of ketones is 1. The van der Waals surface area contributed by atoms with Crippen LogP contribution in [0.1, 0.15) is 17.3 Å². The fourth-order valence-corrected chi connectivity index (χ4v) is 1.12. The summed E-state index contributed by atoms with van der Waals surface area (Å²) >= 11 is 0. The predicted octanol–water partition coefficient (Wildman–Crippen LogP) is 2.05. The van der Waals surface area contributed by atoms with Crippen molar-refractivity contribution in [2.75, 3.05) is 20.3 Å². The van der Waals surface area contributed by atoms with Crippen molar-refractivity contribution in [3.8, 4) is 5.75 Å². The maximum absolute atomic E-state index is 13.4. The summed E-state index contributed by atoms with van der Waals surface area (Å²) in [5.74, 6) is -0.559. The molecule has 4 heteroatoms. The van der Waals surface area contributed by atoms with Crippen LogP contribution in [0.2, 0.25) is 0 Å². The summed E-state index contributed by atoms with van der Waals surface area (Å²) in [6.07, 6.45) is 0. The van der Waals surface area contributed by atoms with Crippen molar-refractivity contribution in [1.29, 1.82) is 0 Å². The molecule has 0 saturated heterocycles. The first-order valence-electron chi connectivity index (χ1n) is 4.63. The Morgan fingerprint density at radius 2 is 2.20 bits per heavy atom. The lowest BCUT2D eigenvalue weighted by molar-refractivity contribution is 0.0779. The lowest BCUT2D eigenvalue weighted by Gasteiger charge is -2.04. The number of hydrogen-bond donors (Lipinski definition) is 0. The molecule has 0 fully saturated rings. The smallest absolute Gasteiger partial charge is 0.191 e. The Balaban J connectivity index is 2.81. The highest BCUT2D eigenvalue weighted by Crippen LogP contribution is 2.16. The van der Waals surface area contributed by atoms with Gasteiger partial charge in [0.25, 0.3) is 0 Å². The van der Waals surface area contributed by atoms with Crippen LogP contribution in [-0.2, 0) is 4.74 Å². The third kappa shape index (κ3) is 3.02. The summed E-state index contributed by atoms with van der Waals surface area (Å²) in [4.78, 5) is 11.4. The molecule has 0 saturated carbocycles. The Kier molecular flexibility index (Phi) is 4.24. The molecule has 0 N–H and O–H groups in total. The number of Topliss-reactive ketones (excluding diaryl/α,β-unsaturated/α-hetero) is 1. The summed E-state index contributed by atoms with van der Waals surface area (Å²) in [5.41, 5.74) is 0.0317. The summed E-state index contributed by atoms with van der Waals surface area (Å²) < 4.78 is 23.1. The van der Waals surface area contributed by atoms with E-state index in [2.05, 4.69) is 0 Å². The molecule has 0 spiro atoms. The Bertz CT molecular complexity index is 350. The maximum atomic E-state index is 13.4. The number of hydrogen-bond acceptors (Lipinski definition) is 3. The molecule has 0 aliphatic carbocycles. The first-order valence-corrected chi connectivity index (χ1v) is 4.63. The van der Waals surface area contributed by atoms with Gasteiger partial charge in [-0.05, 0) is 19.1 Å². The number of benzene rings is 1. The number of methoxy groups -OCH3 is 1. The molecule has 0 amide bonds. The number of carbonyl (C=O) groups is 1. The second-order valence-corrected chi connectivity index (χ2v) is 2.91. The molecule has 0 unspecified atom stereocenters. The zero-order chi connectivity index (χ0) is 11.3. The second-order valence-electron chi connectivity index (χ2n) is 2.91. The first-order chi connectivity index (χ1) is 7.19. The van der Waals surface area contributed by atoms with Crippen LogP contribution in [0, 0.1) is 5.82 Å². The Morgan fingerprint density at radius 3 is 2.73 bits per heavy atom. The first kappa shape index (κ1) is 11.7. The van der Waals surface area contributed by atoms with E-state index in [0.717, 1.165) is 0 Å². The van der Waals surface area contributed by atoms with Crippen molar-refractivity contribution in [3.63, 3.8) is 0 Å². The van der Waals surface area contributed by atoms with Gasteiger partial charge in [-0.2, -0.15) is 0 Å². The Hall–Kier alpha value is -1.42. The topological polar surface area (TPSA) is 35.5 Å². The van der Waals surface area contributed by atoms with Crippen LogP contribution in [0.3, 0.4) is 0 Å². The lowest BCUT2D eigenvalue weighted by atomic mass is 10.1. The average Bonchev–Trinajstić information content (AvgIpc) is 2.25. The van der Waals surface area contributed by atoms with Crippen LogP contribution in [0.5, 0.6) is 5.75 Å². The molecule has 1 aromatic rings. The van der Waals surface area contributed by atoms with Gasteiger partial charge in [-0.3, -0.25) is 4.79 Å². The van der Waals surface area contributed by atoms with Gasteiger partial charge in [0, 0.05) is 12.7 Å². The summed E-state index contributed by atoms with van der Waals surface area (Å²) in [6, 6.07) is 4.12. The van der Waals surface area contributed by atoms with E-state index < -0.39 is 5.82 Å². The van der Waals surface area contributed by atoms with Crippen LogP contribution in [0.15, 0.2) is 18.2 Å². The number of carbonyl (C=O) groups excluding carboxylic acids is 1. The van der Waals surface area contributed by atoms with Crippen molar-refractivity contribution < 1.29 is 18.7 Å². The van der Waals surface area contributed by atoms with E-state index in [1.165, 1.54) is 19.2 Å². The lowest BCUT2D eigenvalue weighted by Crippen LogP contribution is -2.10. The van der Waals surface area contributed by atoms with Gasteiger partial charge in [0.2, 0.25) is 0 Å². The van der Waals surface area contributed by atoms with Gasteiger partial charge in [-0.1, -0.05) is 0 Å². The van der Waals surface area contributed by atoms with Crippen molar-refractivity contribution >= 4 is 5.78 Å². The average molecular weight is 212 g/mol. The molecular formula is C11H13FO3. The molecule has 0 heterocycles. The van der Waals surface area contributed by atoms with Crippen molar-refractivity contribution in [3.05, 3.63) is 29.6 Å². The largest absolute Gasteiger partial charge is 0.497 e. The molecule has 15 heavy (non-hydrogen) atoms. The van der Waals surface area contributed by atoms with Gasteiger partial charge >= 0.3 is 0 Å². The fourth-order valence-electron chi connectivity index (χ4n) is 1.12. The van der Waals surface area contributed by atoms with Crippen molar-refractivity contribution in [2.24, 2.45) is 0 Å². The summed E-state index contributed by atoms with van der Waals surface area (Å²) in [5, 5.41) is 0. The molecule has 0 radical (unpaired) electrons. The normalized spacial score (nSPS) is 10.1. The van der Waals surface area contributed by atoms with E-state index in [1.54, 1.807) is 13.0 Å². The highest BCUT2D eigenvalue weighted by molar-refractivity contribution is 5.97. The Morgan fingerprint density at radius 1 is 1.47 bits per heavy atom. The molecule has 0 aromatic heterocycles. The molecule has 1 aromatic carbocycles. The third-order valence-corrected chi connectivity index (χ3v) is 1.91. The van der Waals surface area contributed by atoms with Gasteiger partial charge in [0.1, 0.15) is 18.2 Å². The number of rotatable bonds is 5. The minimum absolute atomic E-state index is 0.0317. The van der Waals surface area contributed by atoms with E-state index in [4.69, 9.17) is 9.47 Å². The minimum Gasteiger partial charge on any atom is -0.497 e. The third-order valence-electron chi connectivity index (χ3n) is 1.91. The van der Waals surface area contributed by atoms with Crippen LogP contribution in [0.25, 0.3) is 0 Å². The van der Waals surface area contributed by atoms with E-state index in [9.17, 15) is 9.18 Å². The SMILES string of the molecule is CCOCC(=O)c1ccc(OC)cc1F. The molecule has 0 atom stereocenters. The van der Waals surface area contributed by atoms with E-state index >= 15 is 0 Å². The molecular weight excluding hydrogens is 199 g/mol. The van der Waals surface area contributed by atoms with E-state index in [1.807, 2.05) is 0 Å². The van der Waals surface area contributed by atoms with Crippen LogP contribution in [-0.4, -0.2) is 26.1 Å². The highest BCUT2D eigenvalue weighted by atomic mass is 19.1. The van der Waals surface area contributed by atoms with Gasteiger partial charge in [0.15, 0.2) is 5.78 Å². The predicted molar refractivity (Wildman–Crippen MR) is 53.8 cm³/mol. The zero-order valence-electron chi connectivity index (χ0n) is 8.75. The van der Waals surface area contributed by atoms with Crippen LogP contribution >= 0.6 is 0 Å². The van der Waals surface area contributed by atoms with Crippen LogP contribution < -0.4 is 4.74 Å². The standard InChI is InChI=1S/C11H13FO3/c1-3-15-7-11(13)9-5-4-8(14-2)6-10(9)12/h4-6H,3,7H2,1-2H3. The summed E-state index contributed by atoms with van der Waals surface area (Å²) in [7, 11) is 1.44. The molecule has 82 valence electrons. The fraction of sp³-hybridized carbons (Fsp3) is 0.364. The molecule has 0 aliphatic rings. The van der Waals surface area contributed by atoms with Crippen molar-refractivity contribution in [2.45, 2.75) is 6.92 Å². The highest BCUT2D eigenvalue weighted by Gasteiger charge is 2.12. The molecule has 0 aliphatic heterocycles. The summed E-state index contributed by atoms with van der Waals surface area (Å²) in [6.45, 7) is 2.11. The van der Waals surface area contributed by atoms with E-state index in [-0.39, 0.29) is 18.0 Å². The molecule has 1 rings (SSSR count). The van der Waals surface area contributed by atoms with Gasteiger partial charge in [-0.25, -0.2) is 4.39 Å². The monoisotopic (exact) mass is 212 g/mol. The van der Waals surface area contributed by atoms with Crippen molar-refractivity contribution in [1.82, 2.24) is 0 Å². The zero-order valence-corrected chi connectivity index (χ0v) is 8.75. The van der Waals surface area contributed by atoms with Crippen LogP contribution in [0.4, 0.5) is 4.39 Å². The number of ether oxygens (including phenoxy) is 2. The maximum Gasteiger partial charge on any atom is 0.191 e.